The second kappa shape index (κ2) is 8.29. The lowest BCUT2D eigenvalue weighted by Gasteiger charge is -2.17. The zero-order valence-electron chi connectivity index (χ0n) is 13.9. The fraction of sp³-hybridized carbons (Fsp3) is 0.222. The van der Waals surface area contributed by atoms with Crippen LogP contribution in [0.4, 0.5) is 5.82 Å². The van der Waals surface area contributed by atoms with Crippen LogP contribution >= 0.6 is 22.9 Å². The van der Waals surface area contributed by atoms with Crippen LogP contribution in [0, 0.1) is 0 Å². The lowest BCUT2D eigenvalue weighted by molar-refractivity contribution is -0.117. The van der Waals surface area contributed by atoms with E-state index in [2.05, 4.69) is 16.5 Å². The van der Waals surface area contributed by atoms with Crippen LogP contribution in [0.15, 0.2) is 54.0 Å². The van der Waals surface area contributed by atoms with E-state index in [4.69, 9.17) is 11.6 Å². The maximum atomic E-state index is 12.3. The van der Waals surface area contributed by atoms with E-state index in [0.717, 1.165) is 5.56 Å². The fourth-order valence-corrected chi connectivity index (χ4v) is 3.40. The highest BCUT2D eigenvalue weighted by atomic mass is 35.5. The number of nitrogens with zero attached hydrogens (tertiary/aromatic N) is 3. The molecule has 7 heteroatoms. The number of carbonyl (C=O) groups excluding carboxylic acids is 1. The molecule has 0 spiro atoms. The van der Waals surface area contributed by atoms with E-state index < -0.39 is 0 Å². The third kappa shape index (κ3) is 4.92. The maximum Gasteiger partial charge on any atom is 0.239 e. The van der Waals surface area contributed by atoms with Gasteiger partial charge in [-0.15, -0.1) is 11.3 Å². The first kappa shape index (κ1) is 17.7. The van der Waals surface area contributed by atoms with Crippen molar-refractivity contribution in [3.8, 4) is 0 Å². The molecule has 0 saturated carbocycles. The summed E-state index contributed by atoms with van der Waals surface area (Å²) in [6.45, 7) is 1.53. The van der Waals surface area contributed by atoms with Gasteiger partial charge in [-0.3, -0.25) is 9.69 Å². The molecular formula is C18H19ClN4OS. The molecule has 5 nitrogen and oxygen atoms in total. The number of likely N-dealkylation sites (N-methyl/N-ethyl adjacent to an activating group) is 1. The smallest absolute Gasteiger partial charge is 0.239 e. The fourth-order valence-electron chi connectivity index (χ4n) is 2.52. The predicted molar refractivity (Wildman–Crippen MR) is 102 cm³/mol. The highest BCUT2D eigenvalue weighted by molar-refractivity contribution is 7.09. The molecule has 3 rings (SSSR count). The average molecular weight is 375 g/mol. The Morgan fingerprint density at radius 3 is 2.88 bits per heavy atom. The van der Waals surface area contributed by atoms with E-state index in [1.807, 2.05) is 47.7 Å². The first-order valence-electron chi connectivity index (χ1n) is 7.88. The van der Waals surface area contributed by atoms with Crippen LogP contribution in [-0.4, -0.2) is 34.2 Å². The minimum Gasteiger partial charge on any atom is -0.310 e. The van der Waals surface area contributed by atoms with Crippen molar-refractivity contribution < 1.29 is 4.79 Å². The number of hydrogen-bond donors (Lipinski definition) is 1. The summed E-state index contributed by atoms with van der Waals surface area (Å²) in [5.74, 6) is 0.618. The normalized spacial score (nSPS) is 11.0. The van der Waals surface area contributed by atoms with Crippen LogP contribution in [0.5, 0.6) is 0 Å². The Morgan fingerprint density at radius 2 is 2.12 bits per heavy atom. The van der Waals surface area contributed by atoms with Crippen LogP contribution < -0.4 is 5.32 Å². The molecule has 0 unspecified atom stereocenters. The third-order valence-electron chi connectivity index (χ3n) is 3.68. The lowest BCUT2D eigenvalue weighted by atomic mass is 10.2. The average Bonchev–Trinajstić information content (AvgIpc) is 3.22. The van der Waals surface area contributed by atoms with Gasteiger partial charge < -0.3 is 5.32 Å². The molecule has 0 aliphatic heterocycles. The van der Waals surface area contributed by atoms with Crippen LogP contribution in [0.1, 0.15) is 10.4 Å². The Labute approximate surface area is 155 Å². The second-order valence-corrected chi connectivity index (χ2v) is 7.20. The molecule has 0 fully saturated rings. The number of thiophene rings is 1. The van der Waals surface area contributed by atoms with Gasteiger partial charge in [0, 0.05) is 22.5 Å². The molecule has 0 atom stereocenters. The number of halogens is 1. The first-order chi connectivity index (χ1) is 12.1. The summed E-state index contributed by atoms with van der Waals surface area (Å²) in [6.07, 6.45) is 1.69. The van der Waals surface area contributed by atoms with Crippen molar-refractivity contribution in [2.75, 3.05) is 18.9 Å². The molecule has 1 N–H and O–H groups in total. The Balaban J connectivity index is 1.56. The molecule has 130 valence electrons. The van der Waals surface area contributed by atoms with Crippen LogP contribution in [0.3, 0.4) is 0 Å². The molecule has 1 aromatic carbocycles. The van der Waals surface area contributed by atoms with Crippen molar-refractivity contribution >= 4 is 34.7 Å². The summed E-state index contributed by atoms with van der Waals surface area (Å²) in [5.41, 5.74) is 1.00. The highest BCUT2D eigenvalue weighted by Crippen LogP contribution is 2.17. The topological polar surface area (TPSA) is 50.2 Å². The Morgan fingerprint density at radius 1 is 1.28 bits per heavy atom. The number of nitrogens with one attached hydrogen (secondary N) is 1. The largest absolute Gasteiger partial charge is 0.310 e. The molecule has 25 heavy (non-hydrogen) atoms. The number of aromatic nitrogens is 2. The monoisotopic (exact) mass is 374 g/mol. The number of hydrogen-bond acceptors (Lipinski definition) is 4. The molecule has 3 aromatic rings. The van der Waals surface area contributed by atoms with Gasteiger partial charge in [0.2, 0.25) is 5.91 Å². The number of benzene rings is 1. The number of carbonyl (C=O) groups is 1. The van der Waals surface area contributed by atoms with E-state index in [0.29, 0.717) is 23.9 Å². The molecule has 0 bridgehead atoms. The minimum atomic E-state index is -0.0810. The van der Waals surface area contributed by atoms with Gasteiger partial charge in [0.25, 0.3) is 0 Å². The molecule has 2 heterocycles. The number of rotatable bonds is 7. The molecule has 1 amide bonds. The van der Waals surface area contributed by atoms with E-state index in [1.165, 1.54) is 4.88 Å². The Hall–Kier alpha value is -2.15. The Kier molecular flexibility index (Phi) is 5.86. The van der Waals surface area contributed by atoms with Crippen molar-refractivity contribution in [1.29, 1.82) is 0 Å². The number of anilines is 1. The van der Waals surface area contributed by atoms with Gasteiger partial charge in [-0.2, -0.15) is 5.10 Å². The van der Waals surface area contributed by atoms with Crippen LogP contribution in [0.2, 0.25) is 5.02 Å². The molecule has 0 radical (unpaired) electrons. The summed E-state index contributed by atoms with van der Waals surface area (Å²) in [7, 11) is 1.89. The van der Waals surface area contributed by atoms with E-state index >= 15 is 0 Å². The maximum absolute atomic E-state index is 12.3. The highest BCUT2D eigenvalue weighted by Gasteiger charge is 2.12. The lowest BCUT2D eigenvalue weighted by Crippen LogP contribution is -2.30. The first-order valence-corrected chi connectivity index (χ1v) is 9.13. The summed E-state index contributed by atoms with van der Waals surface area (Å²) in [5, 5.41) is 9.95. The van der Waals surface area contributed by atoms with Gasteiger partial charge in [0.15, 0.2) is 0 Å². The SMILES string of the molecule is CN(CC(=O)Nc1ccnn1Cc1cccs1)Cc1ccccc1Cl. The van der Waals surface area contributed by atoms with Crippen molar-refractivity contribution in [2.24, 2.45) is 0 Å². The zero-order chi connectivity index (χ0) is 17.6. The minimum absolute atomic E-state index is 0.0810. The zero-order valence-corrected chi connectivity index (χ0v) is 15.4. The summed E-state index contributed by atoms with van der Waals surface area (Å²) in [6, 6.07) is 13.5. The van der Waals surface area contributed by atoms with Gasteiger partial charge in [-0.1, -0.05) is 35.9 Å². The molecule has 2 aromatic heterocycles. The summed E-state index contributed by atoms with van der Waals surface area (Å²) >= 11 is 7.84. The van der Waals surface area contributed by atoms with Gasteiger partial charge in [0.1, 0.15) is 5.82 Å². The van der Waals surface area contributed by atoms with Crippen molar-refractivity contribution in [3.05, 3.63) is 69.5 Å². The predicted octanol–water partition coefficient (Wildman–Crippen LogP) is 3.72. The van der Waals surface area contributed by atoms with E-state index in [9.17, 15) is 4.79 Å². The number of amides is 1. The van der Waals surface area contributed by atoms with Crippen LogP contribution in [0.25, 0.3) is 0 Å². The van der Waals surface area contributed by atoms with Gasteiger partial charge >= 0.3 is 0 Å². The van der Waals surface area contributed by atoms with Gasteiger partial charge in [0.05, 0.1) is 19.3 Å². The van der Waals surface area contributed by atoms with Crippen molar-refractivity contribution in [1.82, 2.24) is 14.7 Å². The molecule has 0 saturated heterocycles. The molecule has 0 aliphatic carbocycles. The van der Waals surface area contributed by atoms with Crippen LogP contribution in [-0.2, 0) is 17.9 Å². The van der Waals surface area contributed by atoms with Gasteiger partial charge in [-0.05, 0) is 30.1 Å². The van der Waals surface area contributed by atoms with E-state index in [1.54, 1.807) is 28.3 Å². The standard InChI is InChI=1S/C18H19ClN4OS/c1-22(11-14-5-2-3-7-16(14)19)13-18(24)21-17-8-9-20-23(17)12-15-6-4-10-25-15/h2-10H,11-13H2,1H3,(H,21,24). The van der Waals surface area contributed by atoms with Crippen molar-refractivity contribution in [3.63, 3.8) is 0 Å². The van der Waals surface area contributed by atoms with Gasteiger partial charge in [-0.25, -0.2) is 4.68 Å². The van der Waals surface area contributed by atoms with Crippen molar-refractivity contribution in [2.45, 2.75) is 13.1 Å². The third-order valence-corrected chi connectivity index (χ3v) is 4.91. The quantitative estimate of drug-likeness (QED) is 0.685. The molecular weight excluding hydrogens is 356 g/mol. The summed E-state index contributed by atoms with van der Waals surface area (Å²) in [4.78, 5) is 15.4. The second-order valence-electron chi connectivity index (χ2n) is 5.77. The summed E-state index contributed by atoms with van der Waals surface area (Å²) < 4.78 is 1.79. The molecule has 0 aliphatic rings. The Bertz CT molecular complexity index is 831. The van der Waals surface area contributed by atoms with E-state index in [-0.39, 0.29) is 12.5 Å².